The van der Waals surface area contributed by atoms with Gasteiger partial charge in [-0.3, -0.25) is 0 Å². The molecule has 0 heterocycles. The molecule has 2 rings (SSSR count). The molecule has 0 spiro atoms. The second-order valence-electron chi connectivity index (χ2n) is 3.69. The van der Waals surface area contributed by atoms with Gasteiger partial charge < -0.3 is 5.11 Å². The molecule has 0 aromatic carbocycles. The van der Waals surface area contributed by atoms with E-state index in [1.807, 2.05) is 0 Å². The third-order valence-electron chi connectivity index (χ3n) is 3.17. The van der Waals surface area contributed by atoms with E-state index in [0.29, 0.717) is 11.8 Å². The first-order valence-corrected chi connectivity index (χ1v) is 4.45. The van der Waals surface area contributed by atoms with Crippen molar-refractivity contribution in [3.05, 3.63) is 0 Å². The fraction of sp³-hybridized carbons (Fsp3) is 1.00. The molecule has 0 aliphatic heterocycles. The summed E-state index contributed by atoms with van der Waals surface area (Å²) in [6.07, 6.45) is 3.56. The molecule has 0 saturated heterocycles. The van der Waals surface area contributed by atoms with Gasteiger partial charge in [-0.05, 0) is 18.8 Å². The van der Waals surface area contributed by atoms with Crippen LogP contribution >= 0.6 is 11.6 Å². The molecule has 1 N–H and O–H groups in total. The zero-order valence-corrected chi connectivity index (χ0v) is 6.93. The molecule has 2 fully saturated rings. The largest absolute Gasteiger partial charge is 0.374 e. The Balaban J connectivity index is 1.96. The summed E-state index contributed by atoms with van der Waals surface area (Å²) in [5, 5.41) is 8.60. The topological polar surface area (TPSA) is 20.2 Å². The highest BCUT2D eigenvalue weighted by Crippen LogP contribution is 2.64. The highest BCUT2D eigenvalue weighted by molar-refractivity contribution is 6.25. The van der Waals surface area contributed by atoms with E-state index >= 15 is 0 Å². The Morgan fingerprint density at radius 2 is 2.00 bits per heavy atom. The van der Waals surface area contributed by atoms with Gasteiger partial charge in [0.05, 0.1) is 0 Å². The van der Waals surface area contributed by atoms with Gasteiger partial charge in [-0.15, -0.1) is 0 Å². The number of hydrogen-bond acceptors (Lipinski definition) is 1. The van der Waals surface area contributed by atoms with Crippen LogP contribution in [0, 0.1) is 17.8 Å². The minimum atomic E-state index is -0.786. The molecule has 0 radical (unpaired) electrons. The lowest BCUT2D eigenvalue weighted by Crippen LogP contribution is -2.10. The van der Waals surface area contributed by atoms with Gasteiger partial charge in [-0.2, -0.15) is 0 Å². The third kappa shape index (κ3) is 0.737. The van der Waals surface area contributed by atoms with Gasteiger partial charge in [0.1, 0.15) is 5.06 Å². The lowest BCUT2D eigenvalue weighted by atomic mass is 10.0. The summed E-state index contributed by atoms with van der Waals surface area (Å²) >= 11 is 5.79. The van der Waals surface area contributed by atoms with Gasteiger partial charge in [-0.25, -0.2) is 0 Å². The first-order valence-electron chi connectivity index (χ1n) is 4.07. The molecule has 0 bridgehead atoms. The molecule has 2 atom stereocenters. The Labute approximate surface area is 66.4 Å². The minimum absolute atomic E-state index is 0.430. The Bertz CT molecular complexity index is 141. The van der Waals surface area contributed by atoms with Crippen LogP contribution in [-0.2, 0) is 0 Å². The van der Waals surface area contributed by atoms with Crippen LogP contribution in [0.25, 0.3) is 0 Å². The van der Waals surface area contributed by atoms with Crippen molar-refractivity contribution in [2.75, 3.05) is 0 Å². The van der Waals surface area contributed by atoms with E-state index in [4.69, 9.17) is 11.6 Å². The number of aliphatic hydroxyl groups is 1. The van der Waals surface area contributed by atoms with Gasteiger partial charge >= 0.3 is 0 Å². The standard InChI is InChI=1S/C8H13ClO/c1-2-5-3-6-7(4-5)8(6,9)10/h5-7,10H,2-4H2,1H3. The van der Waals surface area contributed by atoms with Crippen molar-refractivity contribution in [2.45, 2.75) is 31.2 Å². The molecule has 2 unspecified atom stereocenters. The summed E-state index contributed by atoms with van der Waals surface area (Å²) in [7, 11) is 0. The zero-order valence-electron chi connectivity index (χ0n) is 6.18. The molecule has 0 aromatic heterocycles. The highest BCUT2D eigenvalue weighted by atomic mass is 35.5. The average molecular weight is 161 g/mol. The predicted octanol–water partition coefficient (Wildman–Crippen LogP) is 1.98. The van der Waals surface area contributed by atoms with Gasteiger partial charge in [0.15, 0.2) is 0 Å². The molecule has 2 heteroatoms. The number of alkyl halides is 1. The number of halogens is 1. The van der Waals surface area contributed by atoms with Gasteiger partial charge in [0.2, 0.25) is 0 Å². The van der Waals surface area contributed by atoms with E-state index in [1.54, 1.807) is 0 Å². The van der Waals surface area contributed by atoms with Crippen LogP contribution in [0.3, 0.4) is 0 Å². The maximum absolute atomic E-state index is 9.39. The fourth-order valence-electron chi connectivity index (χ4n) is 2.29. The molecule has 58 valence electrons. The first kappa shape index (κ1) is 6.93. The summed E-state index contributed by atoms with van der Waals surface area (Å²) < 4.78 is 0. The van der Waals surface area contributed by atoms with Gasteiger partial charge in [-0.1, -0.05) is 24.9 Å². The molecular formula is C8H13ClO. The predicted molar refractivity (Wildman–Crippen MR) is 40.8 cm³/mol. The maximum atomic E-state index is 9.39. The maximum Gasteiger partial charge on any atom is 0.145 e. The summed E-state index contributed by atoms with van der Waals surface area (Å²) in [6.45, 7) is 2.21. The van der Waals surface area contributed by atoms with E-state index in [9.17, 15) is 5.11 Å². The van der Waals surface area contributed by atoms with Crippen LogP contribution < -0.4 is 0 Å². The van der Waals surface area contributed by atoms with E-state index < -0.39 is 5.06 Å². The second-order valence-corrected chi connectivity index (χ2v) is 4.29. The van der Waals surface area contributed by atoms with Crippen LogP contribution in [0.2, 0.25) is 0 Å². The number of fused-ring (bicyclic) bond motifs is 1. The lowest BCUT2D eigenvalue weighted by Gasteiger charge is -2.12. The normalized spacial score (nSPS) is 58.5. The summed E-state index contributed by atoms with van der Waals surface area (Å²) in [5.41, 5.74) is 0. The lowest BCUT2D eigenvalue weighted by molar-refractivity contribution is 0.177. The van der Waals surface area contributed by atoms with Crippen molar-refractivity contribution in [3.8, 4) is 0 Å². The van der Waals surface area contributed by atoms with E-state index in [2.05, 4.69) is 6.92 Å². The summed E-state index contributed by atoms with van der Waals surface area (Å²) in [6, 6.07) is 0. The van der Waals surface area contributed by atoms with E-state index in [0.717, 1.165) is 18.8 Å². The van der Waals surface area contributed by atoms with Crippen LogP contribution in [0.4, 0.5) is 0 Å². The van der Waals surface area contributed by atoms with Crippen LogP contribution in [0.1, 0.15) is 26.2 Å². The number of rotatable bonds is 1. The second kappa shape index (κ2) is 1.89. The molecule has 0 aromatic rings. The Kier molecular flexibility index (Phi) is 1.31. The Hall–Kier alpha value is 0.250. The van der Waals surface area contributed by atoms with Crippen LogP contribution in [-0.4, -0.2) is 10.2 Å². The molecule has 2 aliphatic carbocycles. The monoisotopic (exact) mass is 160 g/mol. The van der Waals surface area contributed by atoms with Crippen molar-refractivity contribution >= 4 is 11.6 Å². The average Bonchev–Trinajstić information content (AvgIpc) is 2.37. The Morgan fingerprint density at radius 3 is 2.40 bits per heavy atom. The minimum Gasteiger partial charge on any atom is -0.374 e. The van der Waals surface area contributed by atoms with Gasteiger partial charge in [0, 0.05) is 11.8 Å². The highest BCUT2D eigenvalue weighted by Gasteiger charge is 2.66. The van der Waals surface area contributed by atoms with Crippen molar-refractivity contribution in [3.63, 3.8) is 0 Å². The molecule has 1 nitrogen and oxygen atoms in total. The smallest absolute Gasteiger partial charge is 0.145 e. The summed E-state index contributed by atoms with van der Waals surface area (Å²) in [5.74, 6) is 1.70. The summed E-state index contributed by atoms with van der Waals surface area (Å²) in [4.78, 5) is 0. The molecular weight excluding hydrogens is 148 g/mol. The first-order chi connectivity index (χ1) is 4.66. The van der Waals surface area contributed by atoms with Crippen molar-refractivity contribution in [1.29, 1.82) is 0 Å². The van der Waals surface area contributed by atoms with E-state index in [1.165, 1.54) is 6.42 Å². The van der Waals surface area contributed by atoms with Crippen molar-refractivity contribution < 1.29 is 5.11 Å². The van der Waals surface area contributed by atoms with Crippen LogP contribution in [0.5, 0.6) is 0 Å². The van der Waals surface area contributed by atoms with E-state index in [-0.39, 0.29) is 0 Å². The van der Waals surface area contributed by atoms with Crippen LogP contribution in [0.15, 0.2) is 0 Å². The molecule has 2 saturated carbocycles. The number of hydrogen-bond donors (Lipinski definition) is 1. The molecule has 10 heavy (non-hydrogen) atoms. The SMILES string of the molecule is CCC1CC2C(C1)C2(O)Cl. The van der Waals surface area contributed by atoms with Crippen molar-refractivity contribution in [2.24, 2.45) is 17.8 Å². The Morgan fingerprint density at radius 1 is 1.50 bits per heavy atom. The van der Waals surface area contributed by atoms with Gasteiger partial charge in [0.25, 0.3) is 0 Å². The molecule has 0 amide bonds. The quantitative estimate of drug-likeness (QED) is 0.582. The fourth-order valence-corrected chi connectivity index (χ4v) is 2.71. The third-order valence-corrected chi connectivity index (χ3v) is 3.73. The zero-order chi connectivity index (χ0) is 7.35. The van der Waals surface area contributed by atoms with Crippen molar-refractivity contribution in [1.82, 2.24) is 0 Å². The molecule has 2 aliphatic rings.